The number of methoxy groups -OCH3 is 2. The number of carbonyl (C=O) groups excluding carboxylic acids is 1. The standard InChI is InChI=1S/C27H32N2O5S/c1-19-15-16-28-18-24(19)29-26(30)14-12-23(22-17-20(33-4)11-13-25(22)34-5)27(2,3)35(31,32)21-9-7-6-8-10-21/h6-11,13,15-18,23H,12,14H2,1-5H3,(H,29,30). The molecule has 1 atom stereocenters. The highest BCUT2D eigenvalue weighted by atomic mass is 32.2. The number of benzene rings is 2. The number of aryl methyl sites for hydroxylation is 1. The minimum Gasteiger partial charge on any atom is -0.497 e. The van der Waals surface area contributed by atoms with E-state index in [0.29, 0.717) is 22.7 Å². The van der Waals surface area contributed by atoms with Crippen LogP contribution in [-0.2, 0) is 14.6 Å². The number of ether oxygens (including phenoxy) is 2. The Hall–Kier alpha value is -3.39. The van der Waals surface area contributed by atoms with E-state index in [9.17, 15) is 13.2 Å². The molecule has 8 heteroatoms. The Labute approximate surface area is 207 Å². The molecule has 1 amide bonds. The lowest BCUT2D eigenvalue weighted by Gasteiger charge is -2.35. The third-order valence-electron chi connectivity index (χ3n) is 6.37. The van der Waals surface area contributed by atoms with Crippen molar-refractivity contribution in [3.8, 4) is 11.5 Å². The largest absolute Gasteiger partial charge is 0.497 e. The smallest absolute Gasteiger partial charge is 0.224 e. The maximum Gasteiger partial charge on any atom is 0.224 e. The first-order valence-electron chi connectivity index (χ1n) is 11.3. The number of sulfone groups is 1. The maximum absolute atomic E-state index is 13.8. The molecule has 0 saturated heterocycles. The molecule has 1 aromatic heterocycles. The zero-order chi connectivity index (χ0) is 25.6. The summed E-state index contributed by atoms with van der Waals surface area (Å²) in [6, 6.07) is 15.5. The van der Waals surface area contributed by atoms with Crippen LogP contribution in [0.1, 0.15) is 43.7 Å². The summed E-state index contributed by atoms with van der Waals surface area (Å²) in [6.45, 7) is 5.28. The lowest BCUT2D eigenvalue weighted by molar-refractivity contribution is -0.116. The molecular weight excluding hydrogens is 464 g/mol. The Bertz CT molecular complexity index is 1270. The molecule has 1 heterocycles. The number of hydrogen-bond acceptors (Lipinski definition) is 6. The van der Waals surface area contributed by atoms with Crippen LogP contribution in [0.3, 0.4) is 0 Å². The fourth-order valence-corrected chi connectivity index (χ4v) is 5.91. The van der Waals surface area contributed by atoms with Gasteiger partial charge in [-0.15, -0.1) is 0 Å². The summed E-state index contributed by atoms with van der Waals surface area (Å²) in [4.78, 5) is 17.2. The number of carbonyl (C=O) groups is 1. The van der Waals surface area contributed by atoms with Crippen LogP contribution < -0.4 is 14.8 Å². The van der Waals surface area contributed by atoms with Gasteiger partial charge < -0.3 is 14.8 Å². The number of hydrogen-bond donors (Lipinski definition) is 1. The number of anilines is 1. The van der Waals surface area contributed by atoms with Crippen LogP contribution in [0.4, 0.5) is 5.69 Å². The molecule has 3 rings (SSSR count). The molecule has 2 aromatic carbocycles. The highest BCUT2D eigenvalue weighted by Crippen LogP contribution is 2.45. The fourth-order valence-electron chi connectivity index (χ4n) is 4.16. The zero-order valence-corrected chi connectivity index (χ0v) is 21.6. The lowest BCUT2D eigenvalue weighted by atomic mass is 9.83. The zero-order valence-electron chi connectivity index (χ0n) is 20.7. The Morgan fingerprint density at radius 3 is 2.40 bits per heavy atom. The minimum atomic E-state index is -3.78. The van der Waals surface area contributed by atoms with Crippen LogP contribution in [0.2, 0.25) is 0 Å². The van der Waals surface area contributed by atoms with Gasteiger partial charge in [-0.3, -0.25) is 9.78 Å². The molecule has 0 aliphatic rings. The average Bonchev–Trinajstić information content (AvgIpc) is 2.85. The third-order valence-corrected chi connectivity index (χ3v) is 8.93. The third kappa shape index (κ3) is 5.65. The summed E-state index contributed by atoms with van der Waals surface area (Å²) < 4.78 is 37.4. The number of pyridine rings is 1. The Morgan fingerprint density at radius 1 is 1.06 bits per heavy atom. The van der Waals surface area contributed by atoms with Gasteiger partial charge >= 0.3 is 0 Å². The van der Waals surface area contributed by atoms with Crippen molar-refractivity contribution < 1.29 is 22.7 Å². The highest BCUT2D eigenvalue weighted by molar-refractivity contribution is 7.92. The van der Waals surface area contributed by atoms with Crippen molar-refractivity contribution in [1.29, 1.82) is 0 Å². The lowest BCUT2D eigenvalue weighted by Crippen LogP contribution is -2.39. The van der Waals surface area contributed by atoms with Gasteiger partial charge in [-0.05, 0) is 69.2 Å². The van der Waals surface area contributed by atoms with Crippen molar-refractivity contribution in [1.82, 2.24) is 4.98 Å². The molecule has 0 spiro atoms. The molecule has 0 saturated carbocycles. The predicted molar refractivity (Wildman–Crippen MR) is 137 cm³/mol. The van der Waals surface area contributed by atoms with Gasteiger partial charge in [0.1, 0.15) is 11.5 Å². The van der Waals surface area contributed by atoms with E-state index >= 15 is 0 Å². The van der Waals surface area contributed by atoms with Gasteiger partial charge in [0.25, 0.3) is 0 Å². The average molecular weight is 497 g/mol. The molecule has 1 unspecified atom stereocenters. The van der Waals surface area contributed by atoms with Gasteiger partial charge in [-0.1, -0.05) is 18.2 Å². The molecule has 7 nitrogen and oxygen atoms in total. The molecule has 3 aromatic rings. The summed E-state index contributed by atoms with van der Waals surface area (Å²) in [5, 5.41) is 2.88. The molecule has 0 fully saturated rings. The predicted octanol–water partition coefficient (Wildman–Crippen LogP) is 5.16. The fraction of sp³-hybridized carbons (Fsp3) is 0.333. The quantitative estimate of drug-likeness (QED) is 0.417. The van der Waals surface area contributed by atoms with Crippen molar-refractivity contribution in [2.45, 2.75) is 49.2 Å². The summed E-state index contributed by atoms with van der Waals surface area (Å²) in [7, 11) is -0.690. The first kappa shape index (κ1) is 26.2. The Balaban J connectivity index is 2.01. The van der Waals surface area contributed by atoms with E-state index in [1.165, 1.54) is 0 Å². The van der Waals surface area contributed by atoms with Gasteiger partial charge in [-0.25, -0.2) is 8.42 Å². The van der Waals surface area contributed by atoms with E-state index in [0.717, 1.165) is 5.56 Å². The Morgan fingerprint density at radius 2 is 1.77 bits per heavy atom. The monoisotopic (exact) mass is 496 g/mol. The summed E-state index contributed by atoms with van der Waals surface area (Å²) in [5.74, 6) is 0.323. The van der Waals surface area contributed by atoms with Crippen molar-refractivity contribution in [2.75, 3.05) is 19.5 Å². The molecule has 0 bridgehead atoms. The number of amides is 1. The van der Waals surface area contributed by atoms with Crippen LogP contribution in [-0.4, -0.2) is 38.3 Å². The van der Waals surface area contributed by atoms with Crippen LogP contribution >= 0.6 is 0 Å². The molecule has 0 aliphatic heterocycles. The van der Waals surface area contributed by atoms with Crippen LogP contribution in [0.25, 0.3) is 0 Å². The minimum absolute atomic E-state index is 0.104. The van der Waals surface area contributed by atoms with Crippen molar-refractivity contribution >= 4 is 21.4 Å². The van der Waals surface area contributed by atoms with Gasteiger partial charge in [-0.2, -0.15) is 0 Å². The second-order valence-corrected chi connectivity index (χ2v) is 11.4. The van der Waals surface area contributed by atoms with Gasteiger partial charge in [0, 0.05) is 24.1 Å². The topological polar surface area (TPSA) is 94.6 Å². The van der Waals surface area contributed by atoms with E-state index in [1.807, 2.05) is 13.0 Å². The van der Waals surface area contributed by atoms with Crippen LogP contribution in [0.15, 0.2) is 71.9 Å². The molecule has 0 aliphatic carbocycles. The SMILES string of the molecule is COc1ccc(OC)c(C(CCC(=O)Nc2cnccc2C)C(C)(C)S(=O)(=O)c2ccccc2)c1. The number of rotatable bonds is 10. The van der Waals surface area contributed by atoms with E-state index in [-0.39, 0.29) is 23.6 Å². The van der Waals surface area contributed by atoms with Crippen molar-refractivity contribution in [3.05, 3.63) is 78.1 Å². The molecule has 1 N–H and O–H groups in total. The number of nitrogens with zero attached hydrogens (tertiary/aromatic N) is 1. The van der Waals surface area contributed by atoms with Gasteiger partial charge in [0.2, 0.25) is 5.91 Å². The number of aromatic nitrogens is 1. The summed E-state index contributed by atoms with van der Waals surface area (Å²) in [6.07, 6.45) is 3.63. The number of nitrogens with one attached hydrogen (secondary N) is 1. The van der Waals surface area contributed by atoms with Gasteiger partial charge in [0.05, 0.1) is 35.7 Å². The maximum atomic E-state index is 13.8. The van der Waals surface area contributed by atoms with E-state index in [2.05, 4.69) is 10.3 Å². The van der Waals surface area contributed by atoms with Crippen molar-refractivity contribution in [3.63, 3.8) is 0 Å². The van der Waals surface area contributed by atoms with E-state index < -0.39 is 20.5 Å². The van der Waals surface area contributed by atoms with Gasteiger partial charge in [0.15, 0.2) is 9.84 Å². The second-order valence-electron chi connectivity index (χ2n) is 8.86. The summed E-state index contributed by atoms with van der Waals surface area (Å²) >= 11 is 0. The highest BCUT2D eigenvalue weighted by Gasteiger charge is 2.44. The second kappa shape index (κ2) is 10.9. The molecule has 186 valence electrons. The van der Waals surface area contributed by atoms with Crippen LogP contribution in [0, 0.1) is 6.92 Å². The molecular formula is C27H32N2O5S. The molecule has 35 heavy (non-hydrogen) atoms. The Kier molecular flexibility index (Phi) is 8.17. The van der Waals surface area contributed by atoms with Crippen molar-refractivity contribution in [2.24, 2.45) is 0 Å². The summed E-state index contributed by atoms with van der Waals surface area (Å²) in [5.41, 5.74) is 2.19. The first-order chi connectivity index (χ1) is 16.6. The van der Waals surface area contributed by atoms with Crippen LogP contribution in [0.5, 0.6) is 11.5 Å². The first-order valence-corrected chi connectivity index (χ1v) is 12.8. The normalized spacial score (nSPS) is 12.6. The molecule has 0 radical (unpaired) electrons. The van der Waals surface area contributed by atoms with E-state index in [1.54, 1.807) is 89.0 Å². The van der Waals surface area contributed by atoms with E-state index in [4.69, 9.17) is 9.47 Å².